The first-order chi connectivity index (χ1) is 10.6. The van der Waals surface area contributed by atoms with Crippen LogP contribution in [0.2, 0.25) is 0 Å². The van der Waals surface area contributed by atoms with Gasteiger partial charge in [-0.1, -0.05) is 6.07 Å². The summed E-state index contributed by atoms with van der Waals surface area (Å²) in [6, 6.07) is 7.54. The minimum absolute atomic E-state index is 0.328. The van der Waals surface area contributed by atoms with Crippen molar-refractivity contribution in [2.24, 2.45) is 0 Å². The quantitative estimate of drug-likeness (QED) is 0.688. The molecule has 0 unspecified atom stereocenters. The summed E-state index contributed by atoms with van der Waals surface area (Å²) in [5.74, 6) is -0.905. The number of aryl methyl sites for hydroxylation is 2. The summed E-state index contributed by atoms with van der Waals surface area (Å²) < 4.78 is 0. The molecule has 0 atom stereocenters. The number of H-pyrrole nitrogens is 1. The third kappa shape index (κ3) is 2.53. The molecule has 0 radical (unpaired) electrons. The summed E-state index contributed by atoms with van der Waals surface area (Å²) in [7, 11) is 0. The van der Waals surface area contributed by atoms with E-state index in [1.165, 1.54) is 0 Å². The Morgan fingerprint density at radius 1 is 1.27 bits per heavy atom. The van der Waals surface area contributed by atoms with Gasteiger partial charge in [0.05, 0.1) is 5.56 Å². The number of aromatic carboxylic acids is 1. The lowest BCUT2D eigenvalue weighted by Gasteiger charge is -2.13. The highest BCUT2D eigenvalue weighted by Gasteiger charge is 2.11. The minimum atomic E-state index is -0.905. The van der Waals surface area contributed by atoms with Crippen molar-refractivity contribution in [1.82, 2.24) is 9.97 Å². The lowest BCUT2D eigenvalue weighted by molar-refractivity contribution is 0.0696. The lowest BCUT2D eigenvalue weighted by Crippen LogP contribution is -2.06. The van der Waals surface area contributed by atoms with Gasteiger partial charge in [0.2, 0.25) is 0 Å². The standard InChI is InChI=1S/C17H17N3O2/c1-10-7-11(2)15(8-14(10)17(21)22)20-9-12-3-5-18-16-13(12)4-6-19-16/h3-8,20H,9H2,1-2H3,(H,18,19)(H,21,22). The van der Waals surface area contributed by atoms with Crippen molar-refractivity contribution < 1.29 is 9.90 Å². The maximum atomic E-state index is 11.3. The number of anilines is 1. The summed E-state index contributed by atoms with van der Waals surface area (Å²) in [6.07, 6.45) is 3.63. The van der Waals surface area contributed by atoms with Crippen LogP contribution in [0.4, 0.5) is 5.69 Å². The minimum Gasteiger partial charge on any atom is -0.478 e. The molecule has 5 heteroatoms. The van der Waals surface area contributed by atoms with Crippen LogP contribution in [0, 0.1) is 13.8 Å². The number of aromatic nitrogens is 2. The number of fused-ring (bicyclic) bond motifs is 1. The molecule has 3 rings (SSSR count). The fourth-order valence-corrected chi connectivity index (χ4v) is 2.64. The van der Waals surface area contributed by atoms with Gasteiger partial charge in [-0.05, 0) is 48.7 Å². The molecule has 0 amide bonds. The van der Waals surface area contributed by atoms with Crippen LogP contribution >= 0.6 is 0 Å². The van der Waals surface area contributed by atoms with Crippen LogP contribution in [0.5, 0.6) is 0 Å². The zero-order valence-electron chi connectivity index (χ0n) is 12.5. The molecule has 5 nitrogen and oxygen atoms in total. The average Bonchev–Trinajstić information content (AvgIpc) is 2.95. The van der Waals surface area contributed by atoms with Crippen LogP contribution in [-0.4, -0.2) is 21.0 Å². The molecule has 0 aliphatic carbocycles. The number of carbonyl (C=O) groups is 1. The number of nitrogens with one attached hydrogen (secondary N) is 2. The summed E-state index contributed by atoms with van der Waals surface area (Å²) >= 11 is 0. The summed E-state index contributed by atoms with van der Waals surface area (Å²) in [5, 5.41) is 13.6. The number of carboxylic acid groups (broad SMARTS) is 1. The van der Waals surface area contributed by atoms with Crippen LogP contribution in [0.25, 0.3) is 11.0 Å². The van der Waals surface area contributed by atoms with Crippen molar-refractivity contribution in [1.29, 1.82) is 0 Å². The van der Waals surface area contributed by atoms with Crippen LogP contribution in [0.15, 0.2) is 36.7 Å². The molecule has 1 aromatic carbocycles. The number of nitrogens with zero attached hydrogens (tertiary/aromatic N) is 1. The van der Waals surface area contributed by atoms with Crippen LogP contribution < -0.4 is 5.32 Å². The van der Waals surface area contributed by atoms with Crippen LogP contribution in [0.3, 0.4) is 0 Å². The van der Waals surface area contributed by atoms with Gasteiger partial charge in [-0.2, -0.15) is 0 Å². The maximum absolute atomic E-state index is 11.3. The van der Waals surface area contributed by atoms with E-state index in [4.69, 9.17) is 0 Å². The lowest BCUT2D eigenvalue weighted by atomic mass is 10.0. The Balaban J connectivity index is 1.89. The highest BCUT2D eigenvalue weighted by atomic mass is 16.4. The molecule has 0 fully saturated rings. The Labute approximate surface area is 128 Å². The predicted molar refractivity (Wildman–Crippen MR) is 86.3 cm³/mol. The van der Waals surface area contributed by atoms with Gasteiger partial charge in [0.1, 0.15) is 5.65 Å². The van der Waals surface area contributed by atoms with Gasteiger partial charge in [-0.25, -0.2) is 9.78 Å². The molecule has 2 heterocycles. The first-order valence-corrected chi connectivity index (χ1v) is 7.05. The molecule has 3 aromatic rings. The molecule has 0 bridgehead atoms. The highest BCUT2D eigenvalue weighted by molar-refractivity contribution is 5.91. The normalized spacial score (nSPS) is 10.8. The second-order valence-corrected chi connectivity index (χ2v) is 5.35. The zero-order valence-corrected chi connectivity index (χ0v) is 12.5. The van der Waals surface area contributed by atoms with Gasteiger partial charge in [0, 0.05) is 30.0 Å². The van der Waals surface area contributed by atoms with E-state index in [0.717, 1.165) is 33.4 Å². The average molecular weight is 295 g/mol. The molecule has 0 aliphatic heterocycles. The third-order valence-electron chi connectivity index (χ3n) is 3.82. The first kappa shape index (κ1) is 14.1. The van der Waals surface area contributed by atoms with Gasteiger partial charge >= 0.3 is 5.97 Å². The van der Waals surface area contributed by atoms with Crippen LogP contribution in [-0.2, 0) is 6.54 Å². The van der Waals surface area contributed by atoms with Gasteiger partial charge in [-0.15, -0.1) is 0 Å². The van der Waals surface area contributed by atoms with Gasteiger partial charge in [0.15, 0.2) is 0 Å². The SMILES string of the molecule is Cc1cc(C)c(C(=O)O)cc1NCc1ccnc2[nH]ccc12. The molecule has 0 saturated heterocycles. The second-order valence-electron chi connectivity index (χ2n) is 5.35. The van der Waals surface area contributed by atoms with Crippen molar-refractivity contribution in [2.75, 3.05) is 5.32 Å². The monoisotopic (exact) mass is 295 g/mol. The molecule has 0 aliphatic rings. The number of carboxylic acids is 1. The van der Waals surface area contributed by atoms with Gasteiger partial charge < -0.3 is 15.4 Å². The predicted octanol–water partition coefficient (Wildman–Crippen LogP) is 3.49. The molecule has 112 valence electrons. The topological polar surface area (TPSA) is 78.0 Å². The Kier molecular flexibility index (Phi) is 3.55. The van der Waals surface area contributed by atoms with E-state index < -0.39 is 5.97 Å². The Bertz CT molecular complexity index is 852. The molecule has 0 saturated carbocycles. The van der Waals surface area contributed by atoms with E-state index in [1.54, 1.807) is 12.3 Å². The van der Waals surface area contributed by atoms with Crippen molar-refractivity contribution >= 4 is 22.7 Å². The number of hydrogen-bond donors (Lipinski definition) is 3. The largest absolute Gasteiger partial charge is 0.478 e. The second kappa shape index (κ2) is 5.52. The smallest absolute Gasteiger partial charge is 0.336 e. The van der Waals surface area contributed by atoms with Crippen molar-refractivity contribution in [3.63, 3.8) is 0 Å². The molecular weight excluding hydrogens is 278 g/mol. The fraction of sp³-hybridized carbons (Fsp3) is 0.176. The van der Waals surface area contributed by atoms with E-state index in [1.807, 2.05) is 38.2 Å². The number of pyridine rings is 1. The van der Waals surface area contributed by atoms with Crippen molar-refractivity contribution in [3.05, 3.63) is 58.9 Å². The van der Waals surface area contributed by atoms with Crippen LogP contribution in [0.1, 0.15) is 27.0 Å². The molecular formula is C17H17N3O2. The third-order valence-corrected chi connectivity index (χ3v) is 3.82. The van der Waals surface area contributed by atoms with E-state index in [2.05, 4.69) is 15.3 Å². The van der Waals surface area contributed by atoms with Gasteiger partial charge in [-0.3, -0.25) is 0 Å². The zero-order chi connectivity index (χ0) is 15.7. The summed E-state index contributed by atoms with van der Waals surface area (Å²) in [5.41, 5.74) is 4.93. The maximum Gasteiger partial charge on any atom is 0.336 e. The fourth-order valence-electron chi connectivity index (χ4n) is 2.64. The van der Waals surface area contributed by atoms with E-state index >= 15 is 0 Å². The van der Waals surface area contributed by atoms with E-state index in [9.17, 15) is 9.90 Å². The Morgan fingerprint density at radius 2 is 2.09 bits per heavy atom. The molecule has 0 spiro atoms. The highest BCUT2D eigenvalue weighted by Crippen LogP contribution is 2.23. The number of benzene rings is 1. The molecule has 22 heavy (non-hydrogen) atoms. The summed E-state index contributed by atoms with van der Waals surface area (Å²) in [6.45, 7) is 4.39. The first-order valence-electron chi connectivity index (χ1n) is 7.05. The van der Waals surface area contributed by atoms with Crippen molar-refractivity contribution in [3.8, 4) is 0 Å². The van der Waals surface area contributed by atoms with E-state index in [-0.39, 0.29) is 0 Å². The Hall–Kier alpha value is -2.82. The number of rotatable bonds is 4. The van der Waals surface area contributed by atoms with E-state index in [0.29, 0.717) is 12.1 Å². The molecule has 3 N–H and O–H groups in total. The molecule has 2 aromatic heterocycles. The Morgan fingerprint density at radius 3 is 2.86 bits per heavy atom. The number of aromatic amines is 1. The van der Waals surface area contributed by atoms with Gasteiger partial charge in [0.25, 0.3) is 0 Å². The van der Waals surface area contributed by atoms with Crippen molar-refractivity contribution in [2.45, 2.75) is 20.4 Å². The number of hydrogen-bond acceptors (Lipinski definition) is 3. The summed E-state index contributed by atoms with van der Waals surface area (Å²) in [4.78, 5) is 18.6.